The molecule has 0 spiro atoms. The van der Waals surface area contributed by atoms with Gasteiger partial charge in [0.15, 0.2) is 0 Å². The van der Waals surface area contributed by atoms with E-state index in [0.717, 1.165) is 6.26 Å². The number of carbonyl (C=O) groups excluding carboxylic acids is 1. The first-order valence-electron chi connectivity index (χ1n) is 4.33. The molecule has 16 heavy (non-hydrogen) atoms. The Morgan fingerprint density at radius 2 is 2.00 bits per heavy atom. The lowest BCUT2D eigenvalue weighted by Gasteiger charge is -2.08. The Labute approximate surface area is 98.9 Å². The molecule has 88 valence electrons. The molecule has 0 fully saturated rings. The second-order valence-corrected chi connectivity index (χ2v) is 5.41. The Kier molecular flexibility index (Phi) is 3.77. The standard InChI is InChI=1S/C9H11ClN2O3S/c1-6(13)11-9-4-3-7(5-8(9)10)12-16(2,14)15/h3-5,12H,1-2H3,(H,11,13). The van der Waals surface area contributed by atoms with Gasteiger partial charge in [0, 0.05) is 6.92 Å². The Hall–Kier alpha value is -1.27. The van der Waals surface area contributed by atoms with Gasteiger partial charge in [0.05, 0.1) is 22.7 Å². The predicted molar refractivity (Wildman–Crippen MR) is 64.2 cm³/mol. The van der Waals surface area contributed by atoms with E-state index in [0.29, 0.717) is 11.4 Å². The molecular weight excluding hydrogens is 252 g/mol. The van der Waals surface area contributed by atoms with Crippen molar-refractivity contribution in [2.75, 3.05) is 16.3 Å². The highest BCUT2D eigenvalue weighted by Gasteiger charge is 2.06. The lowest BCUT2D eigenvalue weighted by Crippen LogP contribution is -2.10. The third-order valence-corrected chi connectivity index (χ3v) is 2.50. The number of benzene rings is 1. The fraction of sp³-hybridized carbons (Fsp3) is 0.222. The fourth-order valence-electron chi connectivity index (χ4n) is 1.08. The van der Waals surface area contributed by atoms with Gasteiger partial charge in [0.25, 0.3) is 0 Å². The van der Waals surface area contributed by atoms with Gasteiger partial charge in [-0.2, -0.15) is 0 Å². The molecule has 0 unspecified atom stereocenters. The second-order valence-electron chi connectivity index (χ2n) is 3.25. The first-order chi connectivity index (χ1) is 7.28. The molecule has 0 saturated carbocycles. The van der Waals surface area contributed by atoms with Gasteiger partial charge < -0.3 is 5.32 Å². The smallest absolute Gasteiger partial charge is 0.229 e. The van der Waals surface area contributed by atoms with Crippen LogP contribution in [0.4, 0.5) is 11.4 Å². The number of hydrogen-bond acceptors (Lipinski definition) is 3. The zero-order valence-electron chi connectivity index (χ0n) is 8.74. The van der Waals surface area contributed by atoms with E-state index in [1.807, 2.05) is 0 Å². The molecule has 0 radical (unpaired) electrons. The summed E-state index contributed by atoms with van der Waals surface area (Å²) in [6.07, 6.45) is 1.04. The summed E-state index contributed by atoms with van der Waals surface area (Å²) in [5.74, 6) is -0.245. The highest BCUT2D eigenvalue weighted by atomic mass is 35.5. The van der Waals surface area contributed by atoms with E-state index in [4.69, 9.17) is 11.6 Å². The SMILES string of the molecule is CC(=O)Nc1ccc(NS(C)(=O)=O)cc1Cl. The van der Waals surface area contributed by atoms with Crippen molar-refractivity contribution in [1.82, 2.24) is 0 Å². The minimum atomic E-state index is -3.33. The highest BCUT2D eigenvalue weighted by molar-refractivity contribution is 7.92. The molecule has 1 aromatic carbocycles. The second kappa shape index (κ2) is 4.71. The van der Waals surface area contributed by atoms with Crippen molar-refractivity contribution in [3.8, 4) is 0 Å². The van der Waals surface area contributed by atoms with Gasteiger partial charge in [-0.05, 0) is 18.2 Å². The summed E-state index contributed by atoms with van der Waals surface area (Å²) in [5, 5.41) is 2.78. The summed E-state index contributed by atoms with van der Waals surface area (Å²) < 4.78 is 24.2. The van der Waals surface area contributed by atoms with Crippen molar-refractivity contribution in [2.24, 2.45) is 0 Å². The number of rotatable bonds is 3. The summed E-state index contributed by atoms with van der Waals surface area (Å²) >= 11 is 5.85. The zero-order valence-corrected chi connectivity index (χ0v) is 10.3. The lowest BCUT2D eigenvalue weighted by molar-refractivity contribution is -0.114. The zero-order chi connectivity index (χ0) is 12.3. The van der Waals surface area contributed by atoms with Gasteiger partial charge in [-0.3, -0.25) is 9.52 Å². The quantitative estimate of drug-likeness (QED) is 0.870. The molecular formula is C9H11ClN2O3S. The van der Waals surface area contributed by atoms with Crippen molar-refractivity contribution in [3.05, 3.63) is 23.2 Å². The molecule has 7 heteroatoms. The maximum atomic E-state index is 11.0. The summed E-state index contributed by atoms with van der Waals surface area (Å²) in [5.41, 5.74) is 0.787. The first kappa shape index (κ1) is 12.8. The molecule has 1 amide bonds. The van der Waals surface area contributed by atoms with Crippen molar-refractivity contribution >= 4 is 38.9 Å². The summed E-state index contributed by atoms with van der Waals surface area (Å²) in [6, 6.07) is 4.46. The van der Waals surface area contributed by atoms with Gasteiger partial charge in [-0.1, -0.05) is 11.6 Å². The van der Waals surface area contributed by atoms with Crippen molar-refractivity contribution in [1.29, 1.82) is 0 Å². The molecule has 0 bridgehead atoms. The third kappa shape index (κ3) is 4.08. The maximum absolute atomic E-state index is 11.0. The van der Waals surface area contributed by atoms with Crippen LogP contribution in [0.15, 0.2) is 18.2 Å². The van der Waals surface area contributed by atoms with Crippen molar-refractivity contribution in [3.63, 3.8) is 0 Å². The molecule has 0 aliphatic rings. The molecule has 1 rings (SSSR count). The topological polar surface area (TPSA) is 75.3 Å². The largest absolute Gasteiger partial charge is 0.325 e. The molecule has 0 saturated heterocycles. The molecule has 1 aromatic rings. The molecule has 5 nitrogen and oxygen atoms in total. The van der Waals surface area contributed by atoms with Crippen LogP contribution < -0.4 is 10.0 Å². The van der Waals surface area contributed by atoms with E-state index in [-0.39, 0.29) is 10.9 Å². The first-order valence-corrected chi connectivity index (χ1v) is 6.60. The van der Waals surface area contributed by atoms with Crippen LogP contribution in [0.3, 0.4) is 0 Å². The molecule has 0 aromatic heterocycles. The fourth-order valence-corrected chi connectivity index (χ4v) is 1.87. The maximum Gasteiger partial charge on any atom is 0.229 e. The van der Waals surface area contributed by atoms with Gasteiger partial charge in [0.1, 0.15) is 0 Å². The van der Waals surface area contributed by atoms with Gasteiger partial charge >= 0.3 is 0 Å². The number of amides is 1. The Morgan fingerprint density at radius 1 is 1.38 bits per heavy atom. The molecule has 2 N–H and O–H groups in total. The minimum Gasteiger partial charge on any atom is -0.325 e. The lowest BCUT2D eigenvalue weighted by atomic mass is 10.3. The van der Waals surface area contributed by atoms with E-state index >= 15 is 0 Å². The van der Waals surface area contributed by atoms with Crippen LogP contribution in [-0.4, -0.2) is 20.6 Å². The van der Waals surface area contributed by atoms with Crippen LogP contribution in [-0.2, 0) is 14.8 Å². The number of carbonyl (C=O) groups is 1. The summed E-state index contributed by atoms with van der Waals surface area (Å²) in [6.45, 7) is 1.36. The molecule has 0 aliphatic carbocycles. The normalized spacial score (nSPS) is 10.9. The minimum absolute atomic E-state index is 0.245. The number of nitrogens with one attached hydrogen (secondary N) is 2. The van der Waals surface area contributed by atoms with E-state index < -0.39 is 10.0 Å². The highest BCUT2D eigenvalue weighted by Crippen LogP contribution is 2.25. The van der Waals surface area contributed by atoms with Crippen LogP contribution in [0, 0.1) is 0 Å². The van der Waals surface area contributed by atoms with Gasteiger partial charge in [-0.15, -0.1) is 0 Å². The van der Waals surface area contributed by atoms with Gasteiger partial charge in [0.2, 0.25) is 15.9 Å². The van der Waals surface area contributed by atoms with Crippen LogP contribution >= 0.6 is 11.6 Å². The Balaban J connectivity index is 2.95. The summed E-state index contributed by atoms with van der Waals surface area (Å²) in [7, 11) is -3.33. The van der Waals surface area contributed by atoms with E-state index in [2.05, 4.69) is 10.0 Å². The molecule has 0 atom stereocenters. The van der Waals surface area contributed by atoms with Gasteiger partial charge in [-0.25, -0.2) is 8.42 Å². The van der Waals surface area contributed by atoms with Crippen molar-refractivity contribution in [2.45, 2.75) is 6.92 Å². The number of hydrogen-bond donors (Lipinski definition) is 2. The number of anilines is 2. The Bertz CT molecular complexity index is 513. The monoisotopic (exact) mass is 262 g/mol. The predicted octanol–water partition coefficient (Wildman–Crippen LogP) is 1.67. The average Bonchev–Trinajstić information content (AvgIpc) is 2.06. The van der Waals surface area contributed by atoms with Crippen LogP contribution in [0.1, 0.15) is 6.92 Å². The van der Waals surface area contributed by atoms with E-state index in [1.165, 1.54) is 25.1 Å². The third-order valence-electron chi connectivity index (χ3n) is 1.58. The van der Waals surface area contributed by atoms with E-state index in [9.17, 15) is 13.2 Å². The van der Waals surface area contributed by atoms with Crippen molar-refractivity contribution < 1.29 is 13.2 Å². The average molecular weight is 263 g/mol. The summed E-state index contributed by atoms with van der Waals surface area (Å²) in [4.78, 5) is 10.8. The van der Waals surface area contributed by atoms with Crippen LogP contribution in [0.2, 0.25) is 5.02 Å². The number of halogens is 1. The molecule has 0 heterocycles. The molecule has 0 aliphatic heterocycles. The van der Waals surface area contributed by atoms with E-state index in [1.54, 1.807) is 0 Å². The van der Waals surface area contributed by atoms with Crippen LogP contribution in [0.25, 0.3) is 0 Å². The Morgan fingerprint density at radius 3 is 2.44 bits per heavy atom. The number of sulfonamides is 1. The van der Waals surface area contributed by atoms with Crippen LogP contribution in [0.5, 0.6) is 0 Å².